The molecule has 0 radical (unpaired) electrons. The summed E-state index contributed by atoms with van der Waals surface area (Å²) in [5.41, 5.74) is 2.61. The SMILES string of the molecule is COc1ccc(N2C(=O)NC(=O)/C(=C\c3cc(Br)ccc3Cc3ccccc3Cl)C2=O)cc1. The van der Waals surface area contributed by atoms with Crippen LogP contribution >= 0.6 is 27.5 Å². The first-order chi connectivity index (χ1) is 15.9. The van der Waals surface area contributed by atoms with Crippen molar-refractivity contribution in [2.45, 2.75) is 6.42 Å². The molecule has 1 heterocycles. The van der Waals surface area contributed by atoms with Crippen LogP contribution in [0.3, 0.4) is 0 Å². The van der Waals surface area contributed by atoms with Gasteiger partial charge in [-0.15, -0.1) is 0 Å². The van der Waals surface area contributed by atoms with Crippen molar-refractivity contribution in [3.63, 3.8) is 0 Å². The van der Waals surface area contributed by atoms with Gasteiger partial charge in [0.25, 0.3) is 11.8 Å². The molecule has 0 aromatic heterocycles. The minimum Gasteiger partial charge on any atom is -0.497 e. The summed E-state index contributed by atoms with van der Waals surface area (Å²) >= 11 is 9.77. The van der Waals surface area contributed by atoms with Crippen LogP contribution in [0.25, 0.3) is 6.08 Å². The number of barbiturate groups is 1. The highest BCUT2D eigenvalue weighted by Gasteiger charge is 2.37. The summed E-state index contributed by atoms with van der Waals surface area (Å²) in [7, 11) is 1.52. The predicted molar refractivity (Wildman–Crippen MR) is 130 cm³/mol. The third-order valence-corrected chi connectivity index (χ3v) is 6.04. The van der Waals surface area contributed by atoms with Gasteiger partial charge in [0, 0.05) is 9.50 Å². The van der Waals surface area contributed by atoms with Gasteiger partial charge in [0.2, 0.25) is 0 Å². The molecule has 166 valence electrons. The minimum atomic E-state index is -0.808. The van der Waals surface area contributed by atoms with Gasteiger partial charge in [-0.2, -0.15) is 0 Å². The average molecular weight is 526 g/mol. The van der Waals surface area contributed by atoms with Crippen molar-refractivity contribution in [3.05, 3.63) is 98.5 Å². The van der Waals surface area contributed by atoms with Crippen LogP contribution < -0.4 is 15.0 Å². The molecule has 33 heavy (non-hydrogen) atoms. The maximum Gasteiger partial charge on any atom is 0.335 e. The summed E-state index contributed by atoms with van der Waals surface area (Å²) < 4.78 is 5.91. The third-order valence-electron chi connectivity index (χ3n) is 5.18. The highest BCUT2D eigenvalue weighted by Crippen LogP contribution is 2.28. The van der Waals surface area contributed by atoms with E-state index in [2.05, 4.69) is 21.2 Å². The maximum absolute atomic E-state index is 13.2. The molecule has 1 aliphatic rings. The molecule has 6 nitrogen and oxygen atoms in total. The Hall–Kier alpha value is -3.42. The fourth-order valence-electron chi connectivity index (χ4n) is 3.49. The van der Waals surface area contributed by atoms with Gasteiger partial charge in [0.15, 0.2) is 0 Å². The largest absolute Gasteiger partial charge is 0.497 e. The number of anilines is 1. The zero-order chi connectivity index (χ0) is 23.5. The van der Waals surface area contributed by atoms with E-state index in [0.29, 0.717) is 28.4 Å². The number of hydrogen-bond acceptors (Lipinski definition) is 4. The van der Waals surface area contributed by atoms with E-state index >= 15 is 0 Å². The summed E-state index contributed by atoms with van der Waals surface area (Å²) in [6, 6.07) is 18.7. The van der Waals surface area contributed by atoms with E-state index in [-0.39, 0.29) is 5.57 Å². The first kappa shape index (κ1) is 22.8. The summed E-state index contributed by atoms with van der Waals surface area (Å²) in [6.07, 6.45) is 2.00. The first-order valence-electron chi connectivity index (χ1n) is 9.94. The summed E-state index contributed by atoms with van der Waals surface area (Å²) in [4.78, 5) is 39.2. The van der Waals surface area contributed by atoms with Crippen LogP contribution in [0.5, 0.6) is 5.75 Å². The van der Waals surface area contributed by atoms with E-state index in [1.807, 2.05) is 42.5 Å². The number of amides is 4. The Kier molecular flexibility index (Phi) is 6.62. The van der Waals surface area contributed by atoms with E-state index in [9.17, 15) is 14.4 Å². The molecular weight excluding hydrogens is 508 g/mol. The lowest BCUT2D eigenvalue weighted by molar-refractivity contribution is -0.122. The molecule has 1 N–H and O–H groups in total. The number of nitrogens with zero attached hydrogens (tertiary/aromatic N) is 1. The van der Waals surface area contributed by atoms with Gasteiger partial charge >= 0.3 is 6.03 Å². The molecule has 8 heteroatoms. The second-order valence-corrected chi connectivity index (χ2v) is 8.59. The van der Waals surface area contributed by atoms with Crippen molar-refractivity contribution in [2.24, 2.45) is 0 Å². The molecular formula is C25H18BrClN2O4. The van der Waals surface area contributed by atoms with E-state index < -0.39 is 17.8 Å². The average Bonchev–Trinajstić information content (AvgIpc) is 2.80. The number of benzene rings is 3. The molecule has 3 aromatic rings. The quantitative estimate of drug-likeness (QED) is 0.359. The normalized spacial score (nSPS) is 15.1. The fraction of sp³-hybridized carbons (Fsp3) is 0.0800. The molecule has 0 saturated carbocycles. The highest BCUT2D eigenvalue weighted by atomic mass is 79.9. The van der Waals surface area contributed by atoms with Crippen molar-refractivity contribution < 1.29 is 19.1 Å². The molecule has 0 atom stereocenters. The number of imide groups is 2. The monoisotopic (exact) mass is 524 g/mol. The van der Waals surface area contributed by atoms with Crippen molar-refractivity contribution in [1.29, 1.82) is 0 Å². The van der Waals surface area contributed by atoms with E-state index in [4.69, 9.17) is 16.3 Å². The summed E-state index contributed by atoms with van der Waals surface area (Å²) in [5.74, 6) is -0.884. The molecule has 4 amide bonds. The van der Waals surface area contributed by atoms with Crippen molar-refractivity contribution in [1.82, 2.24) is 5.32 Å². The predicted octanol–water partition coefficient (Wildman–Crippen LogP) is 5.37. The summed E-state index contributed by atoms with van der Waals surface area (Å²) in [5, 5.41) is 2.87. The lowest BCUT2D eigenvalue weighted by atomic mass is 9.97. The molecule has 0 spiro atoms. The van der Waals surface area contributed by atoms with Crippen LogP contribution in [0, 0.1) is 0 Å². The number of rotatable bonds is 5. The Morgan fingerprint density at radius 3 is 2.42 bits per heavy atom. The number of halogens is 2. The molecule has 1 saturated heterocycles. The van der Waals surface area contributed by atoms with Crippen LogP contribution in [0.15, 0.2) is 76.8 Å². The highest BCUT2D eigenvalue weighted by molar-refractivity contribution is 9.10. The topological polar surface area (TPSA) is 75.7 Å². The Morgan fingerprint density at radius 1 is 1.00 bits per heavy atom. The lowest BCUT2D eigenvalue weighted by Gasteiger charge is -2.26. The number of carbonyl (C=O) groups is 3. The Balaban J connectivity index is 1.73. The molecule has 0 bridgehead atoms. The lowest BCUT2D eigenvalue weighted by Crippen LogP contribution is -2.54. The number of methoxy groups -OCH3 is 1. The van der Waals surface area contributed by atoms with Gasteiger partial charge in [-0.1, -0.05) is 51.8 Å². The van der Waals surface area contributed by atoms with Gasteiger partial charge in [0.1, 0.15) is 11.3 Å². The van der Waals surface area contributed by atoms with Crippen molar-refractivity contribution >= 4 is 57.1 Å². The Morgan fingerprint density at radius 2 is 1.73 bits per heavy atom. The van der Waals surface area contributed by atoms with Gasteiger partial charge in [-0.3, -0.25) is 14.9 Å². The van der Waals surface area contributed by atoms with Gasteiger partial charge < -0.3 is 4.74 Å². The van der Waals surface area contributed by atoms with Crippen molar-refractivity contribution in [3.8, 4) is 5.75 Å². The standard InChI is InChI=1S/C25H18BrClN2O4/c1-33-20-10-8-19(9-11-20)29-24(31)21(23(30)28-25(29)32)14-17-13-18(26)7-6-15(17)12-16-4-2-3-5-22(16)27/h2-11,13-14H,12H2,1H3,(H,28,30,32)/b21-14+. The number of hydrogen-bond donors (Lipinski definition) is 1. The zero-order valence-electron chi connectivity index (χ0n) is 17.5. The number of ether oxygens (including phenoxy) is 1. The van der Waals surface area contributed by atoms with Crippen molar-refractivity contribution in [2.75, 3.05) is 12.0 Å². The third kappa shape index (κ3) is 4.84. The number of urea groups is 1. The van der Waals surface area contributed by atoms with E-state index in [1.165, 1.54) is 13.2 Å². The van der Waals surface area contributed by atoms with Crippen LogP contribution in [0.4, 0.5) is 10.5 Å². The molecule has 1 aliphatic heterocycles. The van der Waals surface area contributed by atoms with Crippen LogP contribution in [-0.2, 0) is 16.0 Å². The zero-order valence-corrected chi connectivity index (χ0v) is 19.8. The molecule has 4 rings (SSSR count). The van der Waals surface area contributed by atoms with Gasteiger partial charge in [-0.25, -0.2) is 9.69 Å². The molecule has 3 aromatic carbocycles. The number of carbonyl (C=O) groups excluding carboxylic acids is 3. The second-order valence-electron chi connectivity index (χ2n) is 7.27. The second kappa shape index (κ2) is 9.60. The minimum absolute atomic E-state index is 0.149. The van der Waals surface area contributed by atoms with Gasteiger partial charge in [-0.05, 0) is 71.7 Å². The smallest absolute Gasteiger partial charge is 0.335 e. The Bertz CT molecular complexity index is 1290. The maximum atomic E-state index is 13.2. The van der Waals surface area contributed by atoms with E-state index in [0.717, 1.165) is 20.5 Å². The van der Waals surface area contributed by atoms with Crippen LogP contribution in [0.1, 0.15) is 16.7 Å². The van der Waals surface area contributed by atoms with Crippen LogP contribution in [0.2, 0.25) is 5.02 Å². The first-order valence-corrected chi connectivity index (χ1v) is 11.1. The molecule has 1 fully saturated rings. The van der Waals surface area contributed by atoms with E-state index in [1.54, 1.807) is 24.3 Å². The fourth-order valence-corrected chi connectivity index (χ4v) is 4.07. The van der Waals surface area contributed by atoms with Gasteiger partial charge in [0.05, 0.1) is 12.8 Å². The summed E-state index contributed by atoms with van der Waals surface area (Å²) in [6.45, 7) is 0. The molecule has 0 aliphatic carbocycles. The molecule has 0 unspecified atom stereocenters. The number of nitrogens with one attached hydrogen (secondary N) is 1. The van der Waals surface area contributed by atoms with Crippen LogP contribution in [-0.4, -0.2) is 25.0 Å². The Labute approximate surface area is 203 Å².